The van der Waals surface area contributed by atoms with Gasteiger partial charge in [-0.3, -0.25) is 4.99 Å². The molecule has 0 radical (unpaired) electrons. The van der Waals surface area contributed by atoms with E-state index in [-0.39, 0.29) is 5.41 Å². The molecule has 35 heavy (non-hydrogen) atoms. The van der Waals surface area contributed by atoms with Crippen LogP contribution in [0.15, 0.2) is 82.9 Å². The molecule has 0 saturated heterocycles. The SMILES string of the molecule is C[C@]12CC[C@H](n3ccnc3)CC1=CCC1C2CC[C@]2(C)C(C3=CCc4ccccc4N=C3)=CCC12. The summed E-state index contributed by atoms with van der Waals surface area (Å²) < 4.78 is 2.35. The number of hydrogen-bond acceptors (Lipinski definition) is 2. The Morgan fingerprint density at radius 2 is 1.83 bits per heavy atom. The van der Waals surface area contributed by atoms with Gasteiger partial charge in [-0.2, -0.15) is 0 Å². The van der Waals surface area contributed by atoms with E-state index < -0.39 is 0 Å². The van der Waals surface area contributed by atoms with Crippen molar-refractivity contribution in [3.63, 3.8) is 0 Å². The lowest BCUT2D eigenvalue weighted by atomic mass is 9.47. The maximum Gasteiger partial charge on any atom is 0.0948 e. The van der Waals surface area contributed by atoms with Gasteiger partial charge in [-0.05, 0) is 103 Å². The van der Waals surface area contributed by atoms with Gasteiger partial charge in [0.2, 0.25) is 0 Å². The maximum absolute atomic E-state index is 4.91. The molecule has 3 heteroatoms. The fraction of sp³-hybridized carbons (Fsp3) is 0.500. The lowest BCUT2D eigenvalue weighted by Gasteiger charge is -2.58. The summed E-state index contributed by atoms with van der Waals surface area (Å²) in [6, 6.07) is 9.19. The van der Waals surface area contributed by atoms with Crippen LogP contribution in [0.3, 0.4) is 0 Å². The molecule has 6 atom stereocenters. The van der Waals surface area contributed by atoms with E-state index in [9.17, 15) is 0 Å². The summed E-state index contributed by atoms with van der Waals surface area (Å²) >= 11 is 0. The molecule has 4 aliphatic carbocycles. The summed E-state index contributed by atoms with van der Waals surface area (Å²) in [5.41, 5.74) is 7.85. The van der Waals surface area contributed by atoms with Crippen molar-refractivity contribution in [3.8, 4) is 0 Å². The zero-order valence-corrected chi connectivity index (χ0v) is 21.2. The van der Waals surface area contributed by atoms with Crippen LogP contribution >= 0.6 is 0 Å². The molecule has 1 aromatic carbocycles. The number of benzene rings is 1. The summed E-state index contributed by atoms with van der Waals surface area (Å²) in [6.45, 7) is 5.19. The number of imidazole rings is 1. The average Bonchev–Trinajstić information content (AvgIpc) is 3.47. The van der Waals surface area contributed by atoms with Crippen LogP contribution in [0.4, 0.5) is 5.69 Å². The molecule has 0 spiro atoms. The molecule has 0 amide bonds. The third kappa shape index (κ3) is 3.23. The number of para-hydroxylation sites is 1. The highest BCUT2D eigenvalue weighted by Gasteiger charge is 2.57. The van der Waals surface area contributed by atoms with Crippen LogP contribution in [0.2, 0.25) is 0 Å². The maximum atomic E-state index is 4.91. The van der Waals surface area contributed by atoms with E-state index in [4.69, 9.17) is 4.99 Å². The van der Waals surface area contributed by atoms with Gasteiger partial charge in [-0.1, -0.05) is 55.8 Å². The molecule has 1 aromatic heterocycles. The molecule has 2 heterocycles. The van der Waals surface area contributed by atoms with Crippen molar-refractivity contribution in [2.45, 2.75) is 71.3 Å². The third-order valence-electron chi connectivity index (χ3n) is 10.8. The third-order valence-corrected chi connectivity index (χ3v) is 10.8. The lowest BCUT2D eigenvalue weighted by Crippen LogP contribution is -2.49. The van der Waals surface area contributed by atoms with Gasteiger partial charge >= 0.3 is 0 Å². The highest BCUT2D eigenvalue weighted by atomic mass is 15.1. The molecule has 7 rings (SSSR count). The summed E-state index contributed by atoms with van der Waals surface area (Å²) in [6.07, 6.45) is 26.0. The molecular formula is C32H37N3. The minimum absolute atomic E-state index is 0.283. The lowest BCUT2D eigenvalue weighted by molar-refractivity contribution is -0.0195. The topological polar surface area (TPSA) is 30.2 Å². The first-order chi connectivity index (χ1) is 17.1. The van der Waals surface area contributed by atoms with Gasteiger partial charge in [-0.25, -0.2) is 4.98 Å². The van der Waals surface area contributed by atoms with Crippen molar-refractivity contribution in [1.29, 1.82) is 0 Å². The first-order valence-corrected chi connectivity index (χ1v) is 13.8. The number of rotatable bonds is 2. The number of allylic oxidation sites excluding steroid dienone is 6. The Morgan fingerprint density at radius 3 is 2.71 bits per heavy atom. The molecule has 2 aromatic rings. The zero-order chi connectivity index (χ0) is 23.6. The largest absolute Gasteiger partial charge is 0.334 e. The molecular weight excluding hydrogens is 426 g/mol. The van der Waals surface area contributed by atoms with Crippen LogP contribution in [0.5, 0.6) is 0 Å². The van der Waals surface area contributed by atoms with E-state index in [1.165, 1.54) is 56.1 Å². The van der Waals surface area contributed by atoms with Crippen LogP contribution in [0, 0.1) is 28.6 Å². The molecule has 3 unspecified atom stereocenters. The summed E-state index contributed by atoms with van der Waals surface area (Å²) in [4.78, 5) is 9.22. The molecule has 2 saturated carbocycles. The summed E-state index contributed by atoms with van der Waals surface area (Å²) in [5, 5.41) is 0. The smallest absolute Gasteiger partial charge is 0.0948 e. The summed E-state index contributed by atoms with van der Waals surface area (Å²) in [7, 11) is 0. The molecule has 3 nitrogen and oxygen atoms in total. The van der Waals surface area contributed by atoms with E-state index in [2.05, 4.69) is 78.3 Å². The fourth-order valence-corrected chi connectivity index (χ4v) is 8.80. The Balaban J connectivity index is 1.15. The average molecular weight is 464 g/mol. The van der Waals surface area contributed by atoms with Crippen molar-refractivity contribution in [1.82, 2.24) is 9.55 Å². The van der Waals surface area contributed by atoms with Gasteiger partial charge in [0, 0.05) is 24.7 Å². The highest BCUT2D eigenvalue weighted by molar-refractivity contribution is 5.88. The zero-order valence-electron chi connectivity index (χ0n) is 21.2. The minimum atomic E-state index is 0.283. The second kappa shape index (κ2) is 7.91. The highest BCUT2D eigenvalue weighted by Crippen LogP contribution is 2.66. The van der Waals surface area contributed by atoms with E-state index in [0.717, 1.165) is 29.9 Å². The van der Waals surface area contributed by atoms with Crippen LogP contribution in [-0.4, -0.2) is 15.8 Å². The quantitative estimate of drug-likeness (QED) is 0.418. The van der Waals surface area contributed by atoms with Crippen LogP contribution in [0.25, 0.3) is 0 Å². The van der Waals surface area contributed by atoms with Crippen molar-refractivity contribution < 1.29 is 0 Å². The fourth-order valence-electron chi connectivity index (χ4n) is 8.80. The molecule has 0 bridgehead atoms. The normalized spacial score (nSPS) is 37.7. The van der Waals surface area contributed by atoms with Gasteiger partial charge in [0.1, 0.15) is 0 Å². The Morgan fingerprint density at radius 1 is 0.943 bits per heavy atom. The molecule has 0 N–H and O–H groups in total. The Bertz CT molecular complexity index is 1260. The first kappa shape index (κ1) is 21.6. The first-order valence-electron chi connectivity index (χ1n) is 13.8. The van der Waals surface area contributed by atoms with Gasteiger partial charge in [0.25, 0.3) is 0 Å². The number of aliphatic imine (C=N–C) groups is 1. The van der Waals surface area contributed by atoms with Crippen LogP contribution < -0.4 is 0 Å². The van der Waals surface area contributed by atoms with Gasteiger partial charge in [0.05, 0.1) is 12.0 Å². The van der Waals surface area contributed by atoms with E-state index in [1.54, 1.807) is 11.1 Å². The van der Waals surface area contributed by atoms with Crippen molar-refractivity contribution in [2.24, 2.45) is 33.6 Å². The summed E-state index contributed by atoms with van der Waals surface area (Å²) in [5.74, 6) is 2.40. The Hall–Kier alpha value is -2.68. The van der Waals surface area contributed by atoms with Gasteiger partial charge < -0.3 is 4.57 Å². The monoisotopic (exact) mass is 463 g/mol. The Kier molecular flexibility index (Phi) is 4.88. The number of aromatic nitrogens is 2. The molecule has 5 aliphatic rings. The number of hydrogen-bond donors (Lipinski definition) is 0. The molecule has 1 aliphatic heterocycles. The second-order valence-corrected chi connectivity index (χ2v) is 12.2. The minimum Gasteiger partial charge on any atom is -0.334 e. The molecule has 2 fully saturated rings. The van der Waals surface area contributed by atoms with Gasteiger partial charge in [0.15, 0.2) is 0 Å². The predicted octanol–water partition coefficient (Wildman–Crippen LogP) is 7.81. The van der Waals surface area contributed by atoms with Crippen molar-refractivity contribution in [3.05, 3.63) is 83.5 Å². The van der Waals surface area contributed by atoms with E-state index in [0.29, 0.717) is 11.5 Å². The standard InChI is InChI=1S/C32H37N3/c1-31-15-13-25(35-18-17-33-21-35)19-24(31)9-10-26-28-12-11-27(32(28,2)16-14-29(26)31)23-8-7-22-5-3-4-6-30(22)34-20-23/h3-6,8-9,11,17-18,20-21,25-26,28-29H,7,10,12-16,19H2,1-2H3/t25-,26?,28?,29?,31-,32+/m0/s1. The van der Waals surface area contributed by atoms with E-state index in [1.807, 2.05) is 12.5 Å². The number of fused-ring (bicyclic) bond motifs is 6. The molecule has 180 valence electrons. The Labute approximate surface area is 209 Å². The van der Waals surface area contributed by atoms with Crippen LogP contribution in [-0.2, 0) is 6.42 Å². The van der Waals surface area contributed by atoms with Crippen molar-refractivity contribution in [2.75, 3.05) is 0 Å². The van der Waals surface area contributed by atoms with Crippen molar-refractivity contribution >= 4 is 11.9 Å². The van der Waals surface area contributed by atoms with E-state index >= 15 is 0 Å². The number of nitrogens with zero attached hydrogens (tertiary/aromatic N) is 3. The second-order valence-electron chi connectivity index (χ2n) is 12.2. The van der Waals surface area contributed by atoms with Crippen LogP contribution in [0.1, 0.15) is 70.4 Å². The predicted molar refractivity (Wildman–Crippen MR) is 143 cm³/mol. The van der Waals surface area contributed by atoms with Gasteiger partial charge in [-0.15, -0.1) is 0 Å².